The lowest BCUT2D eigenvalue weighted by atomic mass is 10.0. The average Bonchev–Trinajstić information content (AvgIpc) is 2.56. The fourth-order valence-electron chi connectivity index (χ4n) is 3.02. The largest absolute Gasteiger partial charge is 0.375 e. The summed E-state index contributed by atoms with van der Waals surface area (Å²) in [6.45, 7) is 5.43. The smallest absolute Gasteiger partial charge is 0.248 e. The third-order valence-corrected chi connectivity index (χ3v) is 4.38. The second-order valence-electron chi connectivity index (χ2n) is 6.24. The van der Waals surface area contributed by atoms with Crippen molar-refractivity contribution >= 4 is 17.4 Å². The molecule has 0 saturated carbocycles. The summed E-state index contributed by atoms with van der Waals surface area (Å²) in [5, 5.41) is 3.05. The van der Waals surface area contributed by atoms with Gasteiger partial charge in [0, 0.05) is 32.3 Å². The van der Waals surface area contributed by atoms with Crippen molar-refractivity contribution in [2.45, 2.75) is 32.7 Å². The Hall–Kier alpha value is -2.14. The Bertz CT molecular complexity index is 617. The number of allylic oxidation sites excluding steroid dienone is 1. The first-order valence-corrected chi connectivity index (χ1v) is 8.32. The van der Waals surface area contributed by atoms with Crippen LogP contribution in [0.15, 0.2) is 30.3 Å². The van der Waals surface area contributed by atoms with Crippen LogP contribution in [0.5, 0.6) is 0 Å². The molecule has 2 rings (SSSR count). The maximum atomic E-state index is 12.2. The summed E-state index contributed by atoms with van der Waals surface area (Å²) in [6, 6.07) is 8.14. The molecular formula is C19H26N2O3. The summed E-state index contributed by atoms with van der Waals surface area (Å²) < 4.78 is 4.87. The molecule has 1 aromatic rings. The summed E-state index contributed by atoms with van der Waals surface area (Å²) in [5.74, 6) is -0.0602. The van der Waals surface area contributed by atoms with Gasteiger partial charge in [-0.15, -0.1) is 0 Å². The van der Waals surface area contributed by atoms with Crippen molar-refractivity contribution in [1.82, 2.24) is 10.2 Å². The number of hydrogen-bond acceptors (Lipinski definition) is 3. The number of benzene rings is 1. The zero-order valence-electron chi connectivity index (χ0n) is 14.7. The van der Waals surface area contributed by atoms with Crippen LogP contribution in [-0.2, 0) is 14.3 Å². The number of ether oxygens (including phenoxy) is 1. The summed E-state index contributed by atoms with van der Waals surface area (Å²) in [6.07, 6.45) is 3.21. The zero-order valence-corrected chi connectivity index (χ0v) is 14.7. The van der Waals surface area contributed by atoms with E-state index in [9.17, 15) is 9.59 Å². The van der Waals surface area contributed by atoms with Crippen molar-refractivity contribution in [3.63, 3.8) is 0 Å². The van der Waals surface area contributed by atoms with Gasteiger partial charge in [0.25, 0.3) is 0 Å². The maximum Gasteiger partial charge on any atom is 0.248 e. The monoisotopic (exact) mass is 330 g/mol. The molecule has 1 fully saturated rings. The van der Waals surface area contributed by atoms with Crippen molar-refractivity contribution in [3.05, 3.63) is 41.5 Å². The zero-order chi connectivity index (χ0) is 17.5. The van der Waals surface area contributed by atoms with Gasteiger partial charge in [-0.2, -0.15) is 0 Å². The molecule has 2 amide bonds. The number of carbonyl (C=O) groups excluding carboxylic acids is 2. The fraction of sp³-hybridized carbons (Fsp3) is 0.474. The van der Waals surface area contributed by atoms with Gasteiger partial charge in [0.15, 0.2) is 0 Å². The van der Waals surface area contributed by atoms with Crippen LogP contribution in [0.25, 0.3) is 5.57 Å². The number of rotatable bonds is 5. The van der Waals surface area contributed by atoms with E-state index in [0.29, 0.717) is 13.1 Å². The molecule has 0 atom stereocenters. The van der Waals surface area contributed by atoms with Crippen molar-refractivity contribution in [3.8, 4) is 0 Å². The Kier molecular flexibility index (Phi) is 6.55. The molecule has 1 heterocycles. The van der Waals surface area contributed by atoms with Gasteiger partial charge in [-0.1, -0.05) is 24.3 Å². The van der Waals surface area contributed by atoms with Crippen molar-refractivity contribution in [2.75, 3.05) is 26.8 Å². The molecule has 0 radical (unpaired) electrons. The van der Waals surface area contributed by atoms with E-state index in [0.717, 1.165) is 29.5 Å². The Morgan fingerprint density at radius 1 is 1.29 bits per heavy atom. The number of nitrogens with zero attached hydrogens (tertiary/aromatic N) is 1. The minimum atomic E-state index is -0.0718. The first kappa shape index (κ1) is 18.2. The molecule has 5 heteroatoms. The van der Waals surface area contributed by atoms with Gasteiger partial charge >= 0.3 is 0 Å². The molecule has 0 bridgehead atoms. The van der Waals surface area contributed by atoms with Gasteiger partial charge in [-0.25, -0.2) is 0 Å². The van der Waals surface area contributed by atoms with Gasteiger partial charge in [0.1, 0.15) is 6.61 Å². The first-order valence-electron chi connectivity index (χ1n) is 8.32. The van der Waals surface area contributed by atoms with E-state index >= 15 is 0 Å². The lowest BCUT2D eigenvalue weighted by Gasteiger charge is -2.32. The minimum absolute atomic E-state index is 0.0116. The highest BCUT2D eigenvalue weighted by Gasteiger charge is 2.23. The number of nitrogens with one attached hydrogen (secondary N) is 1. The van der Waals surface area contributed by atoms with Gasteiger partial charge < -0.3 is 15.0 Å². The molecule has 0 unspecified atom stereocenters. The second-order valence-corrected chi connectivity index (χ2v) is 6.24. The molecule has 5 nitrogen and oxygen atoms in total. The molecular weight excluding hydrogens is 304 g/mol. The number of likely N-dealkylation sites (tertiary alicyclic amines) is 1. The number of aryl methyl sites for hydroxylation is 1. The van der Waals surface area contributed by atoms with E-state index in [2.05, 4.69) is 5.32 Å². The molecule has 1 aliphatic heterocycles. The average molecular weight is 330 g/mol. The highest BCUT2D eigenvalue weighted by molar-refractivity contribution is 5.95. The van der Waals surface area contributed by atoms with Crippen LogP contribution in [0.2, 0.25) is 0 Å². The third-order valence-electron chi connectivity index (χ3n) is 4.38. The van der Waals surface area contributed by atoms with E-state index in [4.69, 9.17) is 4.74 Å². The van der Waals surface area contributed by atoms with E-state index in [1.165, 1.54) is 7.11 Å². The van der Waals surface area contributed by atoms with Gasteiger partial charge in [0.05, 0.1) is 0 Å². The summed E-state index contributed by atoms with van der Waals surface area (Å²) >= 11 is 0. The lowest BCUT2D eigenvalue weighted by molar-refractivity contribution is -0.136. The molecule has 0 aliphatic carbocycles. The molecule has 0 spiro atoms. The Morgan fingerprint density at radius 2 is 1.96 bits per heavy atom. The summed E-state index contributed by atoms with van der Waals surface area (Å²) in [5.41, 5.74) is 3.20. The predicted octanol–water partition coefficient (Wildman–Crippen LogP) is 2.15. The van der Waals surface area contributed by atoms with E-state index in [-0.39, 0.29) is 24.5 Å². The van der Waals surface area contributed by atoms with E-state index in [1.807, 2.05) is 38.1 Å². The molecule has 1 N–H and O–H groups in total. The quantitative estimate of drug-likeness (QED) is 0.842. The first-order chi connectivity index (χ1) is 11.5. The highest BCUT2D eigenvalue weighted by Crippen LogP contribution is 2.18. The lowest BCUT2D eigenvalue weighted by Crippen LogP contribution is -2.47. The SMILES string of the molecule is COCC(=O)N1CCC(NC(=O)/C=C(/C)c2ccccc2C)CC1. The Labute approximate surface area is 143 Å². The molecule has 1 saturated heterocycles. The third kappa shape index (κ3) is 4.93. The van der Waals surface area contributed by atoms with Gasteiger partial charge in [-0.3, -0.25) is 9.59 Å². The number of methoxy groups -OCH3 is 1. The van der Waals surface area contributed by atoms with Crippen LogP contribution in [0.3, 0.4) is 0 Å². The van der Waals surface area contributed by atoms with Crippen LogP contribution in [0.1, 0.15) is 30.9 Å². The molecule has 1 aliphatic rings. The second kappa shape index (κ2) is 8.64. The standard InChI is InChI=1S/C19H26N2O3/c1-14-6-4-5-7-17(14)15(2)12-18(22)20-16-8-10-21(11-9-16)19(23)13-24-3/h4-7,12,16H,8-11,13H2,1-3H3,(H,20,22)/b15-12-. The van der Waals surface area contributed by atoms with Crippen molar-refractivity contribution in [1.29, 1.82) is 0 Å². The Morgan fingerprint density at radius 3 is 2.58 bits per heavy atom. The predicted molar refractivity (Wildman–Crippen MR) is 94.5 cm³/mol. The van der Waals surface area contributed by atoms with Crippen molar-refractivity contribution in [2.24, 2.45) is 0 Å². The molecule has 130 valence electrons. The van der Waals surface area contributed by atoms with Gasteiger partial charge in [-0.05, 0) is 43.4 Å². The number of piperidine rings is 1. The van der Waals surface area contributed by atoms with Crippen LogP contribution in [0.4, 0.5) is 0 Å². The van der Waals surface area contributed by atoms with Gasteiger partial charge in [0.2, 0.25) is 11.8 Å². The maximum absolute atomic E-state index is 12.2. The minimum Gasteiger partial charge on any atom is -0.375 e. The Balaban J connectivity index is 1.87. The normalized spacial score (nSPS) is 16.1. The summed E-state index contributed by atoms with van der Waals surface area (Å²) in [4.78, 5) is 25.8. The van der Waals surface area contributed by atoms with Crippen molar-refractivity contribution < 1.29 is 14.3 Å². The van der Waals surface area contributed by atoms with E-state index < -0.39 is 0 Å². The van der Waals surface area contributed by atoms with E-state index in [1.54, 1.807) is 11.0 Å². The number of amides is 2. The number of carbonyl (C=O) groups is 2. The molecule has 1 aromatic carbocycles. The highest BCUT2D eigenvalue weighted by atomic mass is 16.5. The molecule has 24 heavy (non-hydrogen) atoms. The van der Waals surface area contributed by atoms with Crippen LogP contribution in [0, 0.1) is 6.92 Å². The van der Waals surface area contributed by atoms with Crippen LogP contribution < -0.4 is 5.32 Å². The topological polar surface area (TPSA) is 58.6 Å². The van der Waals surface area contributed by atoms with Crippen LogP contribution >= 0.6 is 0 Å². The fourth-order valence-corrected chi connectivity index (χ4v) is 3.02. The molecule has 0 aromatic heterocycles. The summed E-state index contributed by atoms with van der Waals surface area (Å²) in [7, 11) is 1.52. The number of hydrogen-bond donors (Lipinski definition) is 1. The van der Waals surface area contributed by atoms with Crippen LogP contribution in [-0.4, -0.2) is 49.6 Å².